The third-order valence-electron chi connectivity index (χ3n) is 2.77. The zero-order valence-corrected chi connectivity index (χ0v) is 8.95. The van der Waals surface area contributed by atoms with Gasteiger partial charge in [0, 0.05) is 12.7 Å². The highest BCUT2D eigenvalue weighted by atomic mass is 15.1. The summed E-state index contributed by atoms with van der Waals surface area (Å²) in [6.45, 7) is 5.23. The van der Waals surface area contributed by atoms with Gasteiger partial charge in [-0.2, -0.15) is 0 Å². The Balaban J connectivity index is 2.27. The lowest BCUT2D eigenvalue weighted by molar-refractivity contribution is 0.730. The Morgan fingerprint density at radius 2 is 2.29 bits per heavy atom. The molecule has 2 nitrogen and oxygen atoms in total. The maximum atomic E-state index is 4.58. The van der Waals surface area contributed by atoms with Crippen LogP contribution in [0.3, 0.4) is 0 Å². The van der Waals surface area contributed by atoms with E-state index in [-0.39, 0.29) is 0 Å². The topological polar surface area (TPSA) is 17.8 Å². The average Bonchev–Trinajstić information content (AvgIpc) is 2.61. The summed E-state index contributed by atoms with van der Waals surface area (Å²) in [5, 5.41) is 0. The Kier molecular flexibility index (Phi) is 2.71. The summed E-state index contributed by atoms with van der Waals surface area (Å²) in [7, 11) is 0. The quantitative estimate of drug-likeness (QED) is 0.699. The van der Waals surface area contributed by atoms with Crippen LogP contribution in [0.25, 0.3) is 5.57 Å². The summed E-state index contributed by atoms with van der Waals surface area (Å²) in [5.74, 6) is 1.12. The van der Waals surface area contributed by atoms with Gasteiger partial charge in [-0.25, -0.2) is 4.98 Å². The largest absolute Gasteiger partial charge is 0.335 e. The summed E-state index contributed by atoms with van der Waals surface area (Å²) in [6.07, 6.45) is 10.3. The maximum Gasteiger partial charge on any atom is 0.106 e. The lowest BCUT2D eigenvalue weighted by atomic mass is 9.98. The molecule has 1 aromatic rings. The molecular weight excluding hydrogens is 172 g/mol. The molecule has 0 aromatic carbocycles. The molecule has 1 heterocycles. The van der Waals surface area contributed by atoms with Crippen molar-refractivity contribution in [3.63, 3.8) is 0 Å². The van der Waals surface area contributed by atoms with Gasteiger partial charge in [0.1, 0.15) is 5.82 Å². The van der Waals surface area contributed by atoms with Crippen molar-refractivity contribution in [1.82, 2.24) is 9.55 Å². The van der Waals surface area contributed by atoms with Crippen molar-refractivity contribution < 1.29 is 0 Å². The first-order chi connectivity index (χ1) is 6.81. The number of hydrogen-bond donors (Lipinski definition) is 0. The minimum absolute atomic E-state index is 1.01. The number of hydrogen-bond acceptors (Lipinski definition) is 1. The Bertz CT molecular complexity index is 347. The van der Waals surface area contributed by atoms with Crippen molar-refractivity contribution in [1.29, 1.82) is 0 Å². The van der Waals surface area contributed by atoms with E-state index in [0.29, 0.717) is 0 Å². The minimum Gasteiger partial charge on any atom is -0.335 e. The number of imidazole rings is 1. The highest BCUT2D eigenvalue weighted by molar-refractivity contribution is 5.64. The monoisotopic (exact) mass is 189 g/mol. The number of nitrogens with zero attached hydrogens (tertiary/aromatic N) is 2. The fourth-order valence-corrected chi connectivity index (χ4v) is 1.91. The molecule has 1 radical (unpaired) electrons. The molecule has 0 N–H and O–H groups in total. The molecular formula is C12H17N2. The molecule has 0 bridgehead atoms. The fraction of sp³-hybridized carbons (Fsp3) is 0.500. The van der Waals surface area contributed by atoms with Gasteiger partial charge in [0.15, 0.2) is 0 Å². The SMILES string of the molecule is CCn1cc(C2=CCC[CH]C2)nc1C. The van der Waals surface area contributed by atoms with Crippen molar-refractivity contribution in [2.45, 2.75) is 39.7 Å². The zero-order chi connectivity index (χ0) is 9.97. The van der Waals surface area contributed by atoms with Gasteiger partial charge in [0.05, 0.1) is 5.69 Å². The Morgan fingerprint density at radius 1 is 1.43 bits per heavy atom. The summed E-state index contributed by atoms with van der Waals surface area (Å²) in [4.78, 5) is 4.58. The molecule has 0 unspecified atom stereocenters. The highest BCUT2D eigenvalue weighted by Gasteiger charge is 2.10. The highest BCUT2D eigenvalue weighted by Crippen LogP contribution is 2.25. The maximum absolute atomic E-state index is 4.58. The van der Waals surface area contributed by atoms with Gasteiger partial charge in [-0.3, -0.25) is 0 Å². The Hall–Kier alpha value is -1.05. The standard InChI is InChI=1S/C12H17N2/c1-3-14-9-12(13-10(14)2)11-7-5-4-6-8-11/h5,8-9H,3-4,6-7H2,1-2H3. The van der Waals surface area contributed by atoms with Crippen molar-refractivity contribution in [2.75, 3.05) is 0 Å². The molecule has 2 rings (SSSR count). The van der Waals surface area contributed by atoms with E-state index in [1.54, 1.807) is 0 Å². The molecule has 2 heteroatoms. The molecule has 0 atom stereocenters. The van der Waals surface area contributed by atoms with Gasteiger partial charge in [-0.1, -0.05) is 6.08 Å². The van der Waals surface area contributed by atoms with Gasteiger partial charge < -0.3 is 4.57 Å². The zero-order valence-electron chi connectivity index (χ0n) is 8.95. The first-order valence-electron chi connectivity index (χ1n) is 5.36. The predicted octanol–water partition coefficient (Wildman–Crippen LogP) is 2.98. The van der Waals surface area contributed by atoms with Gasteiger partial charge in [-0.15, -0.1) is 0 Å². The van der Waals surface area contributed by atoms with Crippen LogP contribution in [-0.4, -0.2) is 9.55 Å². The second-order valence-electron chi connectivity index (χ2n) is 3.76. The molecule has 1 aliphatic rings. The van der Waals surface area contributed by atoms with E-state index in [9.17, 15) is 0 Å². The first-order valence-corrected chi connectivity index (χ1v) is 5.36. The van der Waals surface area contributed by atoms with Gasteiger partial charge in [0.25, 0.3) is 0 Å². The molecule has 0 saturated carbocycles. The first kappa shape index (κ1) is 9.50. The lowest BCUT2D eigenvalue weighted by Gasteiger charge is -2.09. The van der Waals surface area contributed by atoms with Crippen LogP contribution in [0.4, 0.5) is 0 Å². The van der Waals surface area contributed by atoms with E-state index >= 15 is 0 Å². The Labute approximate surface area is 85.7 Å². The van der Waals surface area contributed by atoms with Crippen LogP contribution < -0.4 is 0 Å². The fourth-order valence-electron chi connectivity index (χ4n) is 1.91. The Morgan fingerprint density at radius 3 is 2.86 bits per heavy atom. The van der Waals surface area contributed by atoms with Crippen LogP contribution in [0.5, 0.6) is 0 Å². The van der Waals surface area contributed by atoms with E-state index in [4.69, 9.17) is 0 Å². The van der Waals surface area contributed by atoms with E-state index in [1.165, 1.54) is 24.1 Å². The second-order valence-corrected chi connectivity index (χ2v) is 3.76. The number of rotatable bonds is 2. The van der Waals surface area contributed by atoms with Crippen LogP contribution in [0.15, 0.2) is 12.3 Å². The minimum atomic E-state index is 1.01. The third kappa shape index (κ3) is 1.74. The average molecular weight is 189 g/mol. The summed E-state index contributed by atoms with van der Waals surface area (Å²) < 4.78 is 2.20. The number of aromatic nitrogens is 2. The van der Waals surface area contributed by atoms with E-state index < -0.39 is 0 Å². The van der Waals surface area contributed by atoms with E-state index in [1.807, 2.05) is 0 Å². The van der Waals surface area contributed by atoms with Crippen LogP contribution in [0.1, 0.15) is 37.7 Å². The van der Waals surface area contributed by atoms with Crippen LogP contribution >= 0.6 is 0 Å². The van der Waals surface area contributed by atoms with E-state index in [2.05, 4.69) is 42.1 Å². The molecule has 14 heavy (non-hydrogen) atoms. The van der Waals surface area contributed by atoms with Crippen LogP contribution in [-0.2, 0) is 6.54 Å². The van der Waals surface area contributed by atoms with Gasteiger partial charge >= 0.3 is 0 Å². The molecule has 0 spiro atoms. The molecule has 1 aliphatic carbocycles. The number of aryl methyl sites for hydroxylation is 2. The normalized spacial score (nSPS) is 16.9. The molecule has 0 fully saturated rings. The van der Waals surface area contributed by atoms with Crippen LogP contribution in [0, 0.1) is 13.3 Å². The molecule has 0 aliphatic heterocycles. The molecule has 0 saturated heterocycles. The van der Waals surface area contributed by atoms with Crippen molar-refractivity contribution >= 4 is 5.57 Å². The van der Waals surface area contributed by atoms with Crippen molar-refractivity contribution in [3.8, 4) is 0 Å². The van der Waals surface area contributed by atoms with Crippen molar-refractivity contribution in [2.24, 2.45) is 0 Å². The summed E-state index contributed by atoms with van der Waals surface area (Å²) in [6, 6.07) is 0. The molecule has 0 amide bonds. The smallest absolute Gasteiger partial charge is 0.106 e. The molecule has 1 aromatic heterocycles. The van der Waals surface area contributed by atoms with E-state index in [0.717, 1.165) is 18.8 Å². The summed E-state index contributed by atoms with van der Waals surface area (Å²) >= 11 is 0. The third-order valence-corrected chi connectivity index (χ3v) is 2.77. The predicted molar refractivity (Wildman–Crippen MR) is 58.8 cm³/mol. The summed E-state index contributed by atoms with van der Waals surface area (Å²) in [5.41, 5.74) is 2.56. The van der Waals surface area contributed by atoms with Crippen molar-refractivity contribution in [3.05, 3.63) is 30.2 Å². The van der Waals surface area contributed by atoms with Gasteiger partial charge in [0.2, 0.25) is 0 Å². The van der Waals surface area contributed by atoms with Gasteiger partial charge in [-0.05, 0) is 45.1 Å². The number of allylic oxidation sites excluding steroid dienone is 2. The lowest BCUT2D eigenvalue weighted by Crippen LogP contribution is -1.93. The second kappa shape index (κ2) is 3.99. The molecule has 75 valence electrons. The van der Waals surface area contributed by atoms with Crippen LogP contribution in [0.2, 0.25) is 0 Å².